The number of carbonyl (C=O) groups excluding carboxylic acids is 1. The van der Waals surface area contributed by atoms with Gasteiger partial charge in [0, 0.05) is 13.0 Å². The van der Waals surface area contributed by atoms with Crippen LogP contribution in [0, 0.1) is 17.3 Å². The minimum Gasteiger partial charge on any atom is -0.338 e. The van der Waals surface area contributed by atoms with Crippen molar-refractivity contribution in [2.24, 2.45) is 17.3 Å². The van der Waals surface area contributed by atoms with Crippen LogP contribution < -0.4 is 0 Å². The summed E-state index contributed by atoms with van der Waals surface area (Å²) in [5, 5.41) is 0. The van der Waals surface area contributed by atoms with Crippen LogP contribution >= 0.6 is 0 Å². The summed E-state index contributed by atoms with van der Waals surface area (Å²) in [5.74, 6) is 0.988. The monoisotopic (exact) mass is 349 g/mol. The van der Waals surface area contributed by atoms with E-state index >= 15 is 0 Å². The molecule has 2 atom stereocenters. The molecule has 3 rings (SSSR count). The van der Waals surface area contributed by atoms with Gasteiger partial charge in [-0.15, -0.1) is 0 Å². The number of hydrogen-bond donors (Lipinski definition) is 0. The van der Waals surface area contributed by atoms with Gasteiger partial charge in [0.05, 0.1) is 17.5 Å². The van der Waals surface area contributed by atoms with E-state index in [9.17, 15) is 13.2 Å². The molecule has 2 aliphatic rings. The first kappa shape index (κ1) is 17.5. The predicted molar refractivity (Wildman–Crippen MR) is 95.2 cm³/mol. The molecule has 1 heterocycles. The molecular weight excluding hydrogens is 322 g/mol. The van der Waals surface area contributed by atoms with Crippen LogP contribution in [0.5, 0.6) is 0 Å². The van der Waals surface area contributed by atoms with E-state index in [1.807, 2.05) is 30.1 Å². The molecule has 0 radical (unpaired) electrons. The zero-order chi connectivity index (χ0) is 17.5. The topological polar surface area (TPSA) is 54.5 Å². The van der Waals surface area contributed by atoms with Crippen LogP contribution in [0.2, 0.25) is 0 Å². The van der Waals surface area contributed by atoms with E-state index in [1.165, 1.54) is 0 Å². The smallest absolute Gasteiger partial charge is 0.226 e. The number of amides is 1. The minimum absolute atomic E-state index is 0.00274. The predicted octanol–water partition coefficient (Wildman–Crippen LogP) is 3.06. The molecule has 0 N–H and O–H groups in total. The summed E-state index contributed by atoms with van der Waals surface area (Å²) < 4.78 is 23.3. The molecule has 1 aliphatic heterocycles. The maximum Gasteiger partial charge on any atom is 0.226 e. The summed E-state index contributed by atoms with van der Waals surface area (Å²) in [5.41, 5.74) is 1.11. The third kappa shape index (κ3) is 3.23. The number of hydrogen-bond acceptors (Lipinski definition) is 3. The van der Waals surface area contributed by atoms with Crippen molar-refractivity contribution in [1.82, 2.24) is 4.90 Å². The fourth-order valence-electron chi connectivity index (χ4n) is 4.28. The molecular formula is C19H27NO3S. The Morgan fingerprint density at radius 3 is 2.29 bits per heavy atom. The highest BCUT2D eigenvalue weighted by molar-refractivity contribution is 7.91. The molecule has 24 heavy (non-hydrogen) atoms. The van der Waals surface area contributed by atoms with Gasteiger partial charge in [-0.3, -0.25) is 4.79 Å². The van der Waals surface area contributed by atoms with Crippen molar-refractivity contribution in [2.45, 2.75) is 39.2 Å². The maximum atomic E-state index is 13.0. The zero-order valence-electron chi connectivity index (χ0n) is 14.7. The summed E-state index contributed by atoms with van der Waals surface area (Å²) in [6.45, 7) is 4.27. The van der Waals surface area contributed by atoms with Crippen LogP contribution in [0.25, 0.3) is 0 Å². The molecule has 1 saturated heterocycles. The van der Waals surface area contributed by atoms with Crippen molar-refractivity contribution in [2.75, 3.05) is 18.6 Å². The largest absolute Gasteiger partial charge is 0.338 e. The Balaban J connectivity index is 1.73. The average molecular weight is 349 g/mol. The molecule has 0 bridgehead atoms. The fourth-order valence-corrected chi connectivity index (χ4v) is 5.92. The lowest BCUT2D eigenvalue weighted by Gasteiger charge is -2.33. The van der Waals surface area contributed by atoms with E-state index in [1.54, 1.807) is 0 Å². The molecule has 1 aromatic rings. The van der Waals surface area contributed by atoms with Crippen LogP contribution in [0.1, 0.15) is 44.7 Å². The molecule has 5 heteroatoms. The van der Waals surface area contributed by atoms with Gasteiger partial charge >= 0.3 is 0 Å². The Kier molecular flexibility index (Phi) is 4.49. The van der Waals surface area contributed by atoms with Crippen molar-refractivity contribution in [3.05, 3.63) is 35.9 Å². The van der Waals surface area contributed by atoms with E-state index in [0.29, 0.717) is 18.8 Å². The third-order valence-corrected chi connectivity index (χ3v) is 7.50. The third-order valence-electron chi connectivity index (χ3n) is 5.85. The fraction of sp³-hybridized carbons (Fsp3) is 0.632. The number of carbonyl (C=O) groups is 1. The van der Waals surface area contributed by atoms with Gasteiger partial charge in [-0.05, 0) is 36.2 Å². The molecule has 1 aromatic carbocycles. The van der Waals surface area contributed by atoms with E-state index in [2.05, 4.69) is 26.0 Å². The highest BCUT2D eigenvalue weighted by Gasteiger charge is 2.60. The van der Waals surface area contributed by atoms with Crippen LogP contribution in [-0.4, -0.2) is 37.8 Å². The minimum atomic E-state index is -2.88. The van der Waals surface area contributed by atoms with E-state index < -0.39 is 9.84 Å². The normalized spacial score (nSPS) is 25.4. The van der Waals surface area contributed by atoms with Gasteiger partial charge in [0.25, 0.3) is 0 Å². The van der Waals surface area contributed by atoms with Gasteiger partial charge in [-0.25, -0.2) is 8.42 Å². The number of sulfone groups is 1. The lowest BCUT2D eigenvalue weighted by molar-refractivity contribution is -0.135. The summed E-state index contributed by atoms with van der Waals surface area (Å²) in [7, 11) is -0.986. The molecule has 1 spiro atoms. The van der Waals surface area contributed by atoms with Gasteiger partial charge in [0.2, 0.25) is 5.91 Å². The van der Waals surface area contributed by atoms with E-state index in [-0.39, 0.29) is 34.8 Å². The zero-order valence-corrected chi connectivity index (χ0v) is 15.6. The number of nitrogens with zero attached hydrogens (tertiary/aromatic N) is 1. The van der Waals surface area contributed by atoms with Gasteiger partial charge < -0.3 is 4.90 Å². The van der Waals surface area contributed by atoms with Crippen LogP contribution in [0.15, 0.2) is 30.3 Å². The SMILES string of the molecule is CC(C)C(c1ccccc1)N(C)C(=O)C1CC12CCS(=O)(=O)CC2. The Hall–Kier alpha value is -1.36. The lowest BCUT2D eigenvalue weighted by Crippen LogP contribution is -2.37. The maximum absolute atomic E-state index is 13.0. The van der Waals surface area contributed by atoms with Gasteiger partial charge in [-0.1, -0.05) is 44.2 Å². The second kappa shape index (κ2) is 6.17. The molecule has 1 aliphatic carbocycles. The average Bonchev–Trinajstić information content (AvgIpc) is 3.25. The summed E-state index contributed by atoms with van der Waals surface area (Å²) in [6.07, 6.45) is 2.15. The highest BCUT2D eigenvalue weighted by Crippen LogP contribution is 2.60. The summed E-state index contributed by atoms with van der Waals surface area (Å²) >= 11 is 0. The molecule has 4 nitrogen and oxygen atoms in total. The van der Waals surface area contributed by atoms with Crippen molar-refractivity contribution in [3.63, 3.8) is 0 Å². The first-order valence-corrected chi connectivity index (χ1v) is 10.6. The standard InChI is InChI=1S/C19H27NO3S/c1-14(2)17(15-7-5-4-6-8-15)20(3)18(21)16-13-19(16)9-11-24(22,23)12-10-19/h4-8,14,16-17H,9-13H2,1-3H3. The summed E-state index contributed by atoms with van der Waals surface area (Å²) in [6, 6.07) is 10.2. The van der Waals surface area contributed by atoms with Crippen LogP contribution in [0.4, 0.5) is 0 Å². The van der Waals surface area contributed by atoms with Crippen molar-refractivity contribution in [1.29, 1.82) is 0 Å². The Labute approximate surface area is 145 Å². The Bertz CT molecular complexity index is 697. The van der Waals surface area contributed by atoms with Gasteiger partial charge in [0.1, 0.15) is 9.84 Å². The number of rotatable bonds is 4. The molecule has 2 unspecified atom stereocenters. The van der Waals surface area contributed by atoms with E-state index in [0.717, 1.165) is 12.0 Å². The van der Waals surface area contributed by atoms with Crippen molar-refractivity contribution < 1.29 is 13.2 Å². The lowest BCUT2D eigenvalue weighted by atomic mass is 9.92. The first-order valence-electron chi connectivity index (χ1n) is 8.78. The molecule has 2 fully saturated rings. The molecule has 1 amide bonds. The Morgan fingerprint density at radius 1 is 1.17 bits per heavy atom. The second-order valence-electron chi connectivity index (χ2n) is 7.82. The highest BCUT2D eigenvalue weighted by atomic mass is 32.2. The van der Waals surface area contributed by atoms with Crippen molar-refractivity contribution in [3.8, 4) is 0 Å². The Morgan fingerprint density at radius 2 is 1.75 bits per heavy atom. The first-order chi connectivity index (χ1) is 11.3. The van der Waals surface area contributed by atoms with E-state index in [4.69, 9.17) is 0 Å². The van der Waals surface area contributed by atoms with Crippen LogP contribution in [0.3, 0.4) is 0 Å². The molecule has 1 saturated carbocycles. The number of benzene rings is 1. The van der Waals surface area contributed by atoms with Crippen LogP contribution in [-0.2, 0) is 14.6 Å². The second-order valence-corrected chi connectivity index (χ2v) is 10.1. The molecule has 0 aromatic heterocycles. The van der Waals surface area contributed by atoms with Gasteiger partial charge in [-0.2, -0.15) is 0 Å². The summed E-state index contributed by atoms with van der Waals surface area (Å²) in [4.78, 5) is 14.9. The molecule has 132 valence electrons. The van der Waals surface area contributed by atoms with Crippen molar-refractivity contribution >= 4 is 15.7 Å². The quantitative estimate of drug-likeness (QED) is 0.839. The van der Waals surface area contributed by atoms with Gasteiger partial charge in [0.15, 0.2) is 0 Å².